The van der Waals surface area contributed by atoms with Crippen LogP contribution < -0.4 is 15.8 Å². The predicted octanol–water partition coefficient (Wildman–Crippen LogP) is 2.99. The van der Waals surface area contributed by atoms with Gasteiger partial charge in [0, 0.05) is 6.04 Å². The standard InChI is InChI=1S/C17H28N2O/c1-17(2,3)14-11-13(5-6-15(14)20-4)16(18)12-7-9-19-10-8-12/h5-6,11-12,16,19H,7-10,18H2,1-4H3. The Bertz CT molecular complexity index is 445. The van der Waals surface area contributed by atoms with Crippen LogP contribution in [0.25, 0.3) is 0 Å². The van der Waals surface area contributed by atoms with E-state index < -0.39 is 0 Å². The minimum absolute atomic E-state index is 0.0647. The summed E-state index contributed by atoms with van der Waals surface area (Å²) in [5.74, 6) is 1.54. The Kier molecular flexibility index (Phi) is 4.71. The summed E-state index contributed by atoms with van der Waals surface area (Å²) in [4.78, 5) is 0. The van der Waals surface area contributed by atoms with Crippen molar-refractivity contribution in [3.05, 3.63) is 29.3 Å². The second-order valence-corrected chi connectivity index (χ2v) is 6.82. The molecule has 1 heterocycles. The molecule has 1 aromatic carbocycles. The molecule has 0 saturated carbocycles. The first-order valence-corrected chi connectivity index (χ1v) is 7.58. The van der Waals surface area contributed by atoms with Crippen molar-refractivity contribution in [3.8, 4) is 5.75 Å². The summed E-state index contributed by atoms with van der Waals surface area (Å²) in [6, 6.07) is 6.56. The maximum absolute atomic E-state index is 6.50. The van der Waals surface area contributed by atoms with Crippen LogP contribution in [0.15, 0.2) is 18.2 Å². The number of ether oxygens (including phenoxy) is 1. The van der Waals surface area contributed by atoms with E-state index in [1.54, 1.807) is 7.11 Å². The maximum atomic E-state index is 6.50. The fourth-order valence-electron chi connectivity index (χ4n) is 2.99. The Morgan fingerprint density at radius 1 is 1.25 bits per heavy atom. The predicted molar refractivity (Wildman–Crippen MR) is 84.2 cm³/mol. The van der Waals surface area contributed by atoms with Crippen molar-refractivity contribution < 1.29 is 4.74 Å². The van der Waals surface area contributed by atoms with E-state index >= 15 is 0 Å². The van der Waals surface area contributed by atoms with Crippen LogP contribution in [0.1, 0.15) is 50.8 Å². The monoisotopic (exact) mass is 276 g/mol. The maximum Gasteiger partial charge on any atom is 0.122 e. The van der Waals surface area contributed by atoms with E-state index in [4.69, 9.17) is 10.5 Å². The number of methoxy groups -OCH3 is 1. The van der Waals surface area contributed by atoms with Crippen LogP contribution in [0.4, 0.5) is 0 Å². The SMILES string of the molecule is COc1ccc(C(N)C2CCNCC2)cc1C(C)(C)C. The molecule has 1 aromatic rings. The largest absolute Gasteiger partial charge is 0.496 e. The van der Waals surface area contributed by atoms with E-state index in [0.29, 0.717) is 5.92 Å². The highest BCUT2D eigenvalue weighted by molar-refractivity contribution is 5.42. The van der Waals surface area contributed by atoms with Gasteiger partial charge in [-0.05, 0) is 54.5 Å². The lowest BCUT2D eigenvalue weighted by Gasteiger charge is -2.30. The lowest BCUT2D eigenvalue weighted by atomic mass is 9.81. The normalized spacial score (nSPS) is 18.9. The minimum atomic E-state index is 0.0647. The van der Waals surface area contributed by atoms with E-state index in [1.807, 2.05) is 0 Å². The molecule has 1 saturated heterocycles. The summed E-state index contributed by atoms with van der Waals surface area (Å²) in [5.41, 5.74) is 9.05. The molecule has 3 heteroatoms. The van der Waals surface area contributed by atoms with E-state index in [2.05, 4.69) is 44.3 Å². The average molecular weight is 276 g/mol. The summed E-state index contributed by atoms with van der Waals surface area (Å²) in [5, 5.41) is 3.40. The number of hydrogen-bond donors (Lipinski definition) is 2. The fraction of sp³-hybridized carbons (Fsp3) is 0.647. The number of piperidine rings is 1. The second kappa shape index (κ2) is 6.15. The van der Waals surface area contributed by atoms with Gasteiger partial charge in [-0.2, -0.15) is 0 Å². The molecule has 1 atom stereocenters. The number of hydrogen-bond acceptors (Lipinski definition) is 3. The quantitative estimate of drug-likeness (QED) is 0.892. The Morgan fingerprint density at radius 2 is 1.90 bits per heavy atom. The third-order valence-corrected chi connectivity index (χ3v) is 4.31. The molecule has 1 unspecified atom stereocenters. The Labute approximate surface area is 122 Å². The molecule has 112 valence electrons. The molecule has 0 amide bonds. The van der Waals surface area contributed by atoms with Gasteiger partial charge in [-0.3, -0.25) is 0 Å². The molecule has 1 aliphatic rings. The lowest BCUT2D eigenvalue weighted by molar-refractivity contribution is 0.321. The van der Waals surface area contributed by atoms with Gasteiger partial charge in [0.15, 0.2) is 0 Å². The smallest absolute Gasteiger partial charge is 0.122 e. The van der Waals surface area contributed by atoms with Crippen molar-refractivity contribution in [2.24, 2.45) is 11.7 Å². The molecule has 0 aromatic heterocycles. The highest BCUT2D eigenvalue weighted by atomic mass is 16.5. The van der Waals surface area contributed by atoms with Crippen molar-refractivity contribution in [1.29, 1.82) is 0 Å². The Hall–Kier alpha value is -1.06. The number of benzene rings is 1. The van der Waals surface area contributed by atoms with Crippen LogP contribution >= 0.6 is 0 Å². The molecule has 0 spiro atoms. The first-order valence-electron chi connectivity index (χ1n) is 7.58. The van der Waals surface area contributed by atoms with Gasteiger partial charge in [-0.25, -0.2) is 0 Å². The van der Waals surface area contributed by atoms with Gasteiger partial charge in [-0.1, -0.05) is 32.9 Å². The average Bonchev–Trinajstić information content (AvgIpc) is 2.46. The van der Waals surface area contributed by atoms with Gasteiger partial charge in [0.25, 0.3) is 0 Å². The van der Waals surface area contributed by atoms with Crippen LogP contribution in [-0.2, 0) is 5.41 Å². The molecule has 20 heavy (non-hydrogen) atoms. The summed E-state index contributed by atoms with van der Waals surface area (Å²) in [7, 11) is 1.73. The summed E-state index contributed by atoms with van der Waals surface area (Å²) >= 11 is 0. The van der Waals surface area contributed by atoms with E-state index in [-0.39, 0.29) is 11.5 Å². The third-order valence-electron chi connectivity index (χ3n) is 4.31. The number of rotatable bonds is 3. The van der Waals surface area contributed by atoms with Crippen LogP contribution in [0, 0.1) is 5.92 Å². The second-order valence-electron chi connectivity index (χ2n) is 6.82. The molecule has 3 N–H and O–H groups in total. The molecule has 3 nitrogen and oxygen atoms in total. The molecule has 2 rings (SSSR count). The summed E-state index contributed by atoms with van der Waals surface area (Å²) in [6.45, 7) is 8.81. The van der Waals surface area contributed by atoms with E-state index in [9.17, 15) is 0 Å². The van der Waals surface area contributed by atoms with Gasteiger partial charge >= 0.3 is 0 Å². The summed E-state index contributed by atoms with van der Waals surface area (Å²) in [6.07, 6.45) is 2.33. The highest BCUT2D eigenvalue weighted by Gasteiger charge is 2.25. The van der Waals surface area contributed by atoms with Crippen molar-refractivity contribution in [2.45, 2.75) is 45.1 Å². The molecule has 0 radical (unpaired) electrons. The zero-order valence-corrected chi connectivity index (χ0v) is 13.2. The summed E-state index contributed by atoms with van der Waals surface area (Å²) < 4.78 is 5.50. The van der Waals surface area contributed by atoms with Crippen molar-refractivity contribution in [1.82, 2.24) is 5.32 Å². The van der Waals surface area contributed by atoms with E-state index in [1.165, 1.54) is 11.1 Å². The van der Waals surface area contributed by atoms with Crippen LogP contribution in [0.3, 0.4) is 0 Å². The van der Waals surface area contributed by atoms with Crippen LogP contribution in [0.2, 0.25) is 0 Å². The third kappa shape index (κ3) is 3.33. The first-order chi connectivity index (χ1) is 9.43. The number of nitrogens with two attached hydrogens (primary N) is 1. The van der Waals surface area contributed by atoms with Crippen molar-refractivity contribution in [2.75, 3.05) is 20.2 Å². The highest BCUT2D eigenvalue weighted by Crippen LogP contribution is 2.35. The van der Waals surface area contributed by atoms with Crippen LogP contribution in [0.5, 0.6) is 5.75 Å². The molecular formula is C17H28N2O. The topological polar surface area (TPSA) is 47.3 Å². The van der Waals surface area contributed by atoms with Crippen molar-refractivity contribution in [3.63, 3.8) is 0 Å². The van der Waals surface area contributed by atoms with Gasteiger partial charge in [0.1, 0.15) is 5.75 Å². The Morgan fingerprint density at radius 3 is 2.45 bits per heavy atom. The molecule has 1 fully saturated rings. The van der Waals surface area contributed by atoms with Gasteiger partial charge in [0.05, 0.1) is 7.11 Å². The molecule has 0 bridgehead atoms. The van der Waals surface area contributed by atoms with E-state index in [0.717, 1.165) is 31.7 Å². The van der Waals surface area contributed by atoms with Gasteiger partial charge in [0.2, 0.25) is 0 Å². The minimum Gasteiger partial charge on any atom is -0.496 e. The Balaban J connectivity index is 2.28. The van der Waals surface area contributed by atoms with Gasteiger partial charge < -0.3 is 15.8 Å². The van der Waals surface area contributed by atoms with Crippen molar-refractivity contribution >= 4 is 0 Å². The molecular weight excluding hydrogens is 248 g/mol. The van der Waals surface area contributed by atoms with Crippen LogP contribution in [-0.4, -0.2) is 20.2 Å². The number of nitrogens with one attached hydrogen (secondary N) is 1. The zero-order valence-electron chi connectivity index (χ0n) is 13.2. The molecule has 1 aliphatic heterocycles. The van der Waals surface area contributed by atoms with Gasteiger partial charge in [-0.15, -0.1) is 0 Å². The zero-order chi connectivity index (χ0) is 14.8. The first kappa shape index (κ1) is 15.3. The molecule has 0 aliphatic carbocycles. The fourth-order valence-corrected chi connectivity index (χ4v) is 2.99. The lowest BCUT2D eigenvalue weighted by Crippen LogP contribution is -2.33.